The van der Waals surface area contributed by atoms with E-state index in [0.717, 1.165) is 23.9 Å². The van der Waals surface area contributed by atoms with Crippen molar-refractivity contribution < 1.29 is 9.47 Å². The second kappa shape index (κ2) is 8.58. The molecule has 0 spiro atoms. The fourth-order valence-corrected chi connectivity index (χ4v) is 2.08. The Morgan fingerprint density at radius 2 is 2.17 bits per heavy atom. The predicted octanol–water partition coefficient (Wildman–Crippen LogP) is 2.58. The Hall–Kier alpha value is -0.490. The molecule has 0 amide bonds. The third-order valence-corrected chi connectivity index (χ3v) is 3.23. The van der Waals surface area contributed by atoms with E-state index in [-0.39, 0.29) is 6.10 Å². The summed E-state index contributed by atoms with van der Waals surface area (Å²) >= 11 is 1.68. The van der Waals surface area contributed by atoms with E-state index in [1.54, 1.807) is 11.3 Å². The van der Waals surface area contributed by atoms with Gasteiger partial charge in [0.1, 0.15) is 5.01 Å². The van der Waals surface area contributed by atoms with Crippen molar-refractivity contribution in [3.05, 3.63) is 16.1 Å². The van der Waals surface area contributed by atoms with Gasteiger partial charge in [-0.3, -0.25) is 0 Å². The first kappa shape index (κ1) is 15.6. The molecule has 0 fully saturated rings. The third kappa shape index (κ3) is 6.44. The molecule has 0 aliphatic rings. The Balaban J connectivity index is 2.26. The van der Waals surface area contributed by atoms with Gasteiger partial charge in [-0.05, 0) is 13.8 Å². The highest BCUT2D eigenvalue weighted by Crippen LogP contribution is 2.11. The number of nitrogens with zero attached hydrogens (tertiary/aromatic N) is 1. The van der Waals surface area contributed by atoms with Gasteiger partial charge in [-0.15, -0.1) is 11.3 Å². The van der Waals surface area contributed by atoms with E-state index in [2.05, 4.69) is 29.5 Å². The van der Waals surface area contributed by atoms with Crippen molar-refractivity contribution in [1.82, 2.24) is 10.3 Å². The average Bonchev–Trinajstić information content (AvgIpc) is 2.79. The minimum absolute atomic E-state index is 0.115. The number of hydrogen-bond acceptors (Lipinski definition) is 5. The molecule has 0 aromatic carbocycles. The summed E-state index contributed by atoms with van der Waals surface area (Å²) in [5.74, 6) is 0. The van der Waals surface area contributed by atoms with E-state index < -0.39 is 0 Å². The largest absolute Gasteiger partial charge is 0.379 e. The van der Waals surface area contributed by atoms with Crippen LogP contribution in [0.15, 0.2) is 5.38 Å². The minimum Gasteiger partial charge on any atom is -0.379 e. The normalized spacial score (nSPS) is 13.2. The van der Waals surface area contributed by atoms with Crippen molar-refractivity contribution >= 4 is 11.3 Å². The van der Waals surface area contributed by atoms with Gasteiger partial charge in [0.05, 0.1) is 25.0 Å². The van der Waals surface area contributed by atoms with Crippen molar-refractivity contribution in [2.75, 3.05) is 13.2 Å². The molecule has 1 atom stereocenters. The van der Waals surface area contributed by atoms with Crippen LogP contribution in [-0.4, -0.2) is 30.3 Å². The summed E-state index contributed by atoms with van der Waals surface area (Å²) in [5.41, 5.74) is 1.00. The van der Waals surface area contributed by atoms with Crippen molar-refractivity contribution in [3.63, 3.8) is 0 Å². The van der Waals surface area contributed by atoms with E-state index >= 15 is 0 Å². The third-order valence-electron chi connectivity index (χ3n) is 2.33. The molecule has 0 bridgehead atoms. The molecular weight excluding hydrogens is 248 g/mol. The second-order valence-electron chi connectivity index (χ2n) is 4.55. The molecule has 1 rings (SSSR count). The average molecular weight is 272 g/mol. The summed E-state index contributed by atoms with van der Waals surface area (Å²) in [4.78, 5) is 4.52. The quantitative estimate of drug-likeness (QED) is 0.750. The standard InChI is InChI=1S/C13H24N2O2S/c1-5-16-7-11(4)17-8-12-9-18-13(15-12)6-14-10(2)3/h9-11,14H,5-8H2,1-4H3. The fraction of sp³-hybridized carbons (Fsp3) is 0.769. The highest BCUT2D eigenvalue weighted by atomic mass is 32.1. The lowest BCUT2D eigenvalue weighted by atomic mass is 10.4. The number of aromatic nitrogens is 1. The van der Waals surface area contributed by atoms with Gasteiger partial charge in [-0.1, -0.05) is 13.8 Å². The van der Waals surface area contributed by atoms with Crippen LogP contribution in [0, 0.1) is 0 Å². The molecule has 0 aliphatic carbocycles. The van der Waals surface area contributed by atoms with Gasteiger partial charge in [0.2, 0.25) is 0 Å². The summed E-state index contributed by atoms with van der Waals surface area (Å²) < 4.78 is 11.0. The predicted molar refractivity (Wildman–Crippen MR) is 74.8 cm³/mol. The molecule has 1 unspecified atom stereocenters. The monoisotopic (exact) mass is 272 g/mol. The molecule has 1 N–H and O–H groups in total. The summed E-state index contributed by atoms with van der Waals surface area (Å²) in [6.07, 6.45) is 0.115. The zero-order chi connectivity index (χ0) is 13.4. The molecule has 18 heavy (non-hydrogen) atoms. The summed E-state index contributed by atoms with van der Waals surface area (Å²) in [5, 5.41) is 6.53. The molecule has 0 saturated carbocycles. The van der Waals surface area contributed by atoms with Crippen molar-refractivity contribution in [1.29, 1.82) is 0 Å². The van der Waals surface area contributed by atoms with Crippen LogP contribution < -0.4 is 5.32 Å². The van der Waals surface area contributed by atoms with Crippen molar-refractivity contribution in [2.24, 2.45) is 0 Å². The van der Waals surface area contributed by atoms with Gasteiger partial charge < -0.3 is 14.8 Å². The van der Waals surface area contributed by atoms with Gasteiger partial charge in [-0.25, -0.2) is 4.98 Å². The van der Waals surface area contributed by atoms with Gasteiger partial charge in [0.15, 0.2) is 0 Å². The lowest BCUT2D eigenvalue weighted by Crippen LogP contribution is -2.21. The van der Waals surface area contributed by atoms with E-state index in [9.17, 15) is 0 Å². The Morgan fingerprint density at radius 3 is 2.83 bits per heavy atom. The maximum atomic E-state index is 5.67. The maximum Gasteiger partial charge on any atom is 0.107 e. The Kier molecular flexibility index (Phi) is 7.42. The van der Waals surface area contributed by atoms with Crippen molar-refractivity contribution in [2.45, 2.75) is 53.0 Å². The van der Waals surface area contributed by atoms with Crippen LogP contribution >= 0.6 is 11.3 Å². The Morgan fingerprint density at radius 1 is 1.39 bits per heavy atom. The molecule has 0 aliphatic heterocycles. The highest BCUT2D eigenvalue weighted by Gasteiger charge is 2.06. The van der Waals surface area contributed by atoms with Gasteiger partial charge >= 0.3 is 0 Å². The zero-order valence-electron chi connectivity index (χ0n) is 11.7. The molecular formula is C13H24N2O2S. The number of ether oxygens (including phenoxy) is 2. The number of nitrogens with one attached hydrogen (secondary N) is 1. The molecule has 4 nitrogen and oxygen atoms in total. The summed E-state index contributed by atoms with van der Waals surface area (Å²) in [6, 6.07) is 0.486. The first-order valence-corrected chi connectivity index (χ1v) is 7.35. The SMILES string of the molecule is CCOCC(C)OCc1csc(CNC(C)C)n1. The Labute approximate surface area is 114 Å². The lowest BCUT2D eigenvalue weighted by molar-refractivity contribution is -0.0126. The van der Waals surface area contributed by atoms with Crippen LogP contribution in [0.1, 0.15) is 38.4 Å². The molecule has 104 valence electrons. The lowest BCUT2D eigenvalue weighted by Gasteiger charge is -2.11. The second-order valence-corrected chi connectivity index (χ2v) is 5.49. The zero-order valence-corrected chi connectivity index (χ0v) is 12.5. The minimum atomic E-state index is 0.115. The molecule has 1 aromatic rings. The Bertz CT molecular complexity index is 329. The van der Waals surface area contributed by atoms with Gasteiger partial charge in [-0.2, -0.15) is 0 Å². The van der Waals surface area contributed by atoms with E-state index in [4.69, 9.17) is 9.47 Å². The molecule has 5 heteroatoms. The van der Waals surface area contributed by atoms with E-state index in [1.807, 2.05) is 13.8 Å². The number of rotatable bonds is 9. The van der Waals surface area contributed by atoms with Crippen LogP contribution in [0.3, 0.4) is 0 Å². The highest BCUT2D eigenvalue weighted by molar-refractivity contribution is 7.09. The fourth-order valence-electron chi connectivity index (χ4n) is 1.35. The van der Waals surface area contributed by atoms with Gasteiger partial charge in [0, 0.05) is 24.6 Å². The maximum absolute atomic E-state index is 5.67. The molecule has 0 radical (unpaired) electrons. The number of thiazole rings is 1. The van der Waals surface area contributed by atoms with Crippen LogP contribution in [0.5, 0.6) is 0 Å². The van der Waals surface area contributed by atoms with Crippen LogP contribution in [0.2, 0.25) is 0 Å². The smallest absolute Gasteiger partial charge is 0.107 e. The van der Waals surface area contributed by atoms with Crippen molar-refractivity contribution in [3.8, 4) is 0 Å². The van der Waals surface area contributed by atoms with Crippen LogP contribution in [0.4, 0.5) is 0 Å². The van der Waals surface area contributed by atoms with Crippen LogP contribution in [0.25, 0.3) is 0 Å². The van der Waals surface area contributed by atoms with Crippen LogP contribution in [-0.2, 0) is 22.6 Å². The summed E-state index contributed by atoms with van der Waals surface area (Å²) in [7, 11) is 0. The molecule has 1 heterocycles. The first-order chi connectivity index (χ1) is 8.61. The first-order valence-electron chi connectivity index (χ1n) is 6.47. The number of hydrogen-bond donors (Lipinski definition) is 1. The molecule has 0 saturated heterocycles. The van der Waals surface area contributed by atoms with E-state index in [1.165, 1.54) is 0 Å². The topological polar surface area (TPSA) is 43.4 Å². The molecule has 1 aromatic heterocycles. The van der Waals surface area contributed by atoms with Gasteiger partial charge in [0.25, 0.3) is 0 Å². The van der Waals surface area contributed by atoms with E-state index in [0.29, 0.717) is 19.3 Å². The summed E-state index contributed by atoms with van der Waals surface area (Å²) in [6.45, 7) is 11.0.